The molecule has 0 aliphatic heterocycles. The topological polar surface area (TPSA) is 15.3 Å². The summed E-state index contributed by atoms with van der Waals surface area (Å²) in [6.07, 6.45) is 0. The molecule has 0 saturated carbocycles. The zero-order chi connectivity index (χ0) is 27.9. The molecule has 0 aliphatic carbocycles. The highest BCUT2D eigenvalue weighted by Gasteiger charge is 2.12. The molecule has 2 nitrogen and oxygen atoms in total. The number of benzene rings is 8. The van der Waals surface area contributed by atoms with E-state index in [0.717, 1.165) is 28.4 Å². The van der Waals surface area contributed by atoms with Gasteiger partial charge in [-0.05, 0) is 104 Å². The summed E-state index contributed by atoms with van der Waals surface area (Å²) in [7, 11) is 0. The summed E-state index contributed by atoms with van der Waals surface area (Å²) in [5, 5.41) is 11.4. The molecule has 8 rings (SSSR count). The van der Waals surface area contributed by atoms with E-state index >= 15 is 0 Å². The van der Waals surface area contributed by atoms with Crippen molar-refractivity contribution in [3.63, 3.8) is 0 Å². The Bertz CT molecular complexity index is 2030. The smallest absolute Gasteiger partial charge is 0.0462 e. The second-order valence-electron chi connectivity index (χ2n) is 10.8. The van der Waals surface area contributed by atoms with Crippen molar-refractivity contribution in [1.29, 1.82) is 0 Å². The average Bonchev–Trinajstić information content (AvgIpc) is 3.05. The van der Waals surface area contributed by atoms with Crippen LogP contribution in [0.15, 0.2) is 164 Å². The van der Waals surface area contributed by atoms with Gasteiger partial charge in [-0.15, -0.1) is 0 Å². The van der Waals surface area contributed by atoms with Crippen LogP contribution in [0.25, 0.3) is 43.4 Å². The van der Waals surface area contributed by atoms with Crippen LogP contribution in [0, 0.1) is 0 Å². The zero-order valence-corrected chi connectivity index (χ0v) is 23.0. The van der Waals surface area contributed by atoms with E-state index in [-0.39, 0.29) is 0 Å². The number of nitrogens with one attached hydrogen (secondary N) is 1. The minimum Gasteiger partial charge on any atom is -0.355 e. The van der Waals surface area contributed by atoms with Crippen molar-refractivity contribution in [3.8, 4) is 11.1 Å². The van der Waals surface area contributed by atoms with Crippen molar-refractivity contribution in [2.75, 3.05) is 10.2 Å². The molecule has 0 atom stereocenters. The number of anilines is 5. The number of hydrogen-bond donors (Lipinski definition) is 1. The van der Waals surface area contributed by atoms with Crippen LogP contribution in [0.4, 0.5) is 28.4 Å². The lowest BCUT2D eigenvalue weighted by molar-refractivity contribution is 1.28. The lowest BCUT2D eigenvalue weighted by Gasteiger charge is -2.25. The third-order valence-corrected chi connectivity index (χ3v) is 8.12. The Morgan fingerprint density at radius 1 is 0.333 bits per heavy atom. The maximum atomic E-state index is 3.64. The molecular formula is C40H28N2. The number of nitrogens with zero attached hydrogens (tertiary/aromatic N) is 1. The van der Waals surface area contributed by atoms with E-state index in [0.29, 0.717) is 0 Å². The van der Waals surface area contributed by atoms with E-state index in [9.17, 15) is 0 Å². The highest BCUT2D eigenvalue weighted by molar-refractivity contribution is 6.23. The SMILES string of the molecule is c1ccc(N(c2ccccc2)c2ccc(-c3ccc(Nc4cc5ccc6cccc7ccc(c4)c5c67)cc3)cc2)cc1. The third kappa shape index (κ3) is 4.31. The summed E-state index contributed by atoms with van der Waals surface area (Å²) >= 11 is 0. The molecule has 0 radical (unpaired) electrons. The maximum Gasteiger partial charge on any atom is 0.0462 e. The minimum atomic E-state index is 1.07. The first-order chi connectivity index (χ1) is 20.8. The molecule has 198 valence electrons. The van der Waals surface area contributed by atoms with E-state index in [2.05, 4.69) is 174 Å². The number of rotatable bonds is 6. The van der Waals surface area contributed by atoms with Crippen LogP contribution in [0.1, 0.15) is 0 Å². The van der Waals surface area contributed by atoms with Gasteiger partial charge in [0.05, 0.1) is 0 Å². The van der Waals surface area contributed by atoms with Crippen LogP contribution in [0.3, 0.4) is 0 Å². The summed E-state index contributed by atoms with van der Waals surface area (Å²) in [4.78, 5) is 2.28. The van der Waals surface area contributed by atoms with Crippen molar-refractivity contribution in [2.24, 2.45) is 0 Å². The van der Waals surface area contributed by atoms with Gasteiger partial charge in [-0.1, -0.05) is 103 Å². The van der Waals surface area contributed by atoms with Crippen LogP contribution >= 0.6 is 0 Å². The Hall–Kier alpha value is -5.60. The molecule has 0 fully saturated rings. The first-order valence-electron chi connectivity index (χ1n) is 14.4. The van der Waals surface area contributed by atoms with Gasteiger partial charge in [0, 0.05) is 28.4 Å². The van der Waals surface area contributed by atoms with E-state index < -0.39 is 0 Å². The van der Waals surface area contributed by atoms with Crippen LogP contribution in [-0.2, 0) is 0 Å². The summed E-state index contributed by atoms with van der Waals surface area (Å²) in [5.74, 6) is 0. The predicted octanol–water partition coefficient (Wildman–Crippen LogP) is 11.5. The Balaban J connectivity index is 1.06. The second kappa shape index (κ2) is 10.1. The predicted molar refractivity (Wildman–Crippen MR) is 180 cm³/mol. The van der Waals surface area contributed by atoms with Crippen molar-refractivity contribution in [3.05, 3.63) is 164 Å². The molecule has 0 aromatic heterocycles. The van der Waals surface area contributed by atoms with E-state index in [1.165, 1.54) is 43.4 Å². The summed E-state index contributed by atoms with van der Waals surface area (Å²) in [5.41, 5.74) is 7.95. The van der Waals surface area contributed by atoms with Gasteiger partial charge < -0.3 is 10.2 Å². The van der Waals surface area contributed by atoms with Gasteiger partial charge in [-0.25, -0.2) is 0 Å². The normalized spacial score (nSPS) is 11.3. The summed E-state index contributed by atoms with van der Waals surface area (Å²) in [6.45, 7) is 0. The first-order valence-corrected chi connectivity index (χ1v) is 14.4. The fourth-order valence-corrected chi connectivity index (χ4v) is 6.14. The van der Waals surface area contributed by atoms with E-state index in [1.54, 1.807) is 0 Å². The van der Waals surface area contributed by atoms with Crippen molar-refractivity contribution >= 4 is 60.8 Å². The molecule has 8 aromatic rings. The molecule has 0 unspecified atom stereocenters. The lowest BCUT2D eigenvalue weighted by atomic mass is 9.94. The van der Waals surface area contributed by atoms with Crippen molar-refractivity contribution < 1.29 is 0 Å². The van der Waals surface area contributed by atoms with Gasteiger partial charge in [-0.2, -0.15) is 0 Å². The molecule has 0 bridgehead atoms. The van der Waals surface area contributed by atoms with Crippen molar-refractivity contribution in [2.45, 2.75) is 0 Å². The molecule has 0 spiro atoms. The summed E-state index contributed by atoms with van der Waals surface area (Å²) < 4.78 is 0. The lowest BCUT2D eigenvalue weighted by Crippen LogP contribution is -2.09. The zero-order valence-electron chi connectivity index (χ0n) is 23.0. The standard InChI is InChI=1S/C40H28N2/c1-3-10-36(11-4-1)42(37-12-5-2-6-13-37)38-24-20-29(21-25-38)28-18-22-34(23-19-28)41-35-26-32-16-14-30-8-7-9-31-15-17-33(27-35)40(32)39(30)31/h1-27,41H. The Morgan fingerprint density at radius 3 is 1.33 bits per heavy atom. The Labute approximate surface area is 245 Å². The second-order valence-corrected chi connectivity index (χ2v) is 10.8. The number of hydrogen-bond acceptors (Lipinski definition) is 2. The molecule has 0 amide bonds. The van der Waals surface area contributed by atoms with Crippen LogP contribution < -0.4 is 10.2 Å². The van der Waals surface area contributed by atoms with E-state index in [1.807, 2.05) is 0 Å². The number of para-hydroxylation sites is 2. The maximum absolute atomic E-state index is 3.64. The average molecular weight is 537 g/mol. The van der Waals surface area contributed by atoms with Crippen LogP contribution in [0.2, 0.25) is 0 Å². The van der Waals surface area contributed by atoms with Crippen LogP contribution in [0.5, 0.6) is 0 Å². The quantitative estimate of drug-likeness (QED) is 0.213. The molecule has 1 N–H and O–H groups in total. The van der Waals surface area contributed by atoms with Gasteiger partial charge >= 0.3 is 0 Å². The molecule has 0 heterocycles. The molecule has 0 aliphatic rings. The van der Waals surface area contributed by atoms with Gasteiger partial charge in [0.15, 0.2) is 0 Å². The largest absolute Gasteiger partial charge is 0.355 e. The van der Waals surface area contributed by atoms with Gasteiger partial charge in [0.25, 0.3) is 0 Å². The monoisotopic (exact) mass is 536 g/mol. The molecule has 42 heavy (non-hydrogen) atoms. The fourth-order valence-electron chi connectivity index (χ4n) is 6.14. The van der Waals surface area contributed by atoms with Crippen molar-refractivity contribution in [1.82, 2.24) is 0 Å². The molecule has 8 aromatic carbocycles. The fraction of sp³-hybridized carbons (Fsp3) is 0. The van der Waals surface area contributed by atoms with Gasteiger partial charge in [0.1, 0.15) is 0 Å². The molecular weight excluding hydrogens is 508 g/mol. The minimum absolute atomic E-state index is 1.07. The van der Waals surface area contributed by atoms with Gasteiger partial charge in [0.2, 0.25) is 0 Å². The molecule has 0 saturated heterocycles. The van der Waals surface area contributed by atoms with Gasteiger partial charge in [-0.3, -0.25) is 0 Å². The third-order valence-electron chi connectivity index (χ3n) is 8.12. The molecule has 2 heteroatoms. The summed E-state index contributed by atoms with van der Waals surface area (Å²) in [6, 6.07) is 58.5. The van der Waals surface area contributed by atoms with Crippen LogP contribution in [-0.4, -0.2) is 0 Å². The first kappa shape index (κ1) is 24.2. The Kier molecular flexibility index (Phi) is 5.82. The highest BCUT2D eigenvalue weighted by atomic mass is 15.1. The Morgan fingerprint density at radius 2 is 0.786 bits per heavy atom. The van der Waals surface area contributed by atoms with E-state index in [4.69, 9.17) is 0 Å². The highest BCUT2D eigenvalue weighted by Crippen LogP contribution is 2.38.